The Morgan fingerprint density at radius 1 is 1.11 bits per heavy atom. The van der Waals surface area contributed by atoms with Crippen molar-refractivity contribution in [2.45, 2.75) is 26.2 Å². The van der Waals surface area contributed by atoms with E-state index in [1.807, 2.05) is 19.1 Å². The molecule has 1 aromatic carbocycles. The van der Waals surface area contributed by atoms with E-state index in [4.69, 9.17) is 11.6 Å². The summed E-state index contributed by atoms with van der Waals surface area (Å²) in [7, 11) is 0. The highest BCUT2D eigenvalue weighted by molar-refractivity contribution is 6.30. The van der Waals surface area contributed by atoms with E-state index in [2.05, 4.69) is 10.6 Å². The number of hydrogen-bond acceptors (Lipinski definition) is 2. The number of nitrogens with one attached hydrogen (secondary N) is 2. The molecule has 2 N–H and O–H groups in total. The third-order valence-corrected chi connectivity index (χ3v) is 2.82. The van der Waals surface area contributed by atoms with Crippen molar-refractivity contribution in [2.75, 3.05) is 13.1 Å². The van der Waals surface area contributed by atoms with E-state index >= 15 is 0 Å². The Labute approximate surface area is 118 Å². The van der Waals surface area contributed by atoms with Crippen LogP contribution in [0.15, 0.2) is 24.3 Å². The fourth-order valence-corrected chi connectivity index (χ4v) is 1.63. The minimum atomic E-state index is -0.151. The average molecular weight is 283 g/mol. The molecule has 4 nitrogen and oxygen atoms in total. The third-order valence-electron chi connectivity index (χ3n) is 2.57. The Kier molecular flexibility index (Phi) is 6.97. The number of hydrogen-bond donors (Lipinski definition) is 2. The standard InChI is InChI=1S/C14H19ClN2O2/c1-2-9-16-14(19)10-17-13(18)8-5-11-3-6-12(15)7-4-11/h3-4,6-7H,2,5,8-10H2,1H3,(H,16,19)(H,17,18). The second kappa shape index (κ2) is 8.53. The van der Waals surface area contributed by atoms with E-state index < -0.39 is 0 Å². The first-order chi connectivity index (χ1) is 9.11. The summed E-state index contributed by atoms with van der Waals surface area (Å²) in [5.74, 6) is -0.275. The van der Waals surface area contributed by atoms with Gasteiger partial charge in [-0.15, -0.1) is 0 Å². The molecule has 1 rings (SSSR count). The Morgan fingerprint density at radius 2 is 1.79 bits per heavy atom. The van der Waals surface area contributed by atoms with Gasteiger partial charge in [0.15, 0.2) is 0 Å². The molecule has 0 unspecified atom stereocenters. The normalized spacial score (nSPS) is 10.0. The predicted octanol–water partition coefficient (Wildman–Crippen LogP) is 1.91. The van der Waals surface area contributed by atoms with Crippen LogP contribution in [0.5, 0.6) is 0 Å². The van der Waals surface area contributed by atoms with Crippen LogP contribution in [0.1, 0.15) is 25.3 Å². The number of halogens is 1. The molecule has 0 aliphatic carbocycles. The molecule has 5 heteroatoms. The van der Waals surface area contributed by atoms with Crippen molar-refractivity contribution in [1.82, 2.24) is 10.6 Å². The smallest absolute Gasteiger partial charge is 0.239 e. The monoisotopic (exact) mass is 282 g/mol. The van der Waals surface area contributed by atoms with Crippen molar-refractivity contribution < 1.29 is 9.59 Å². The van der Waals surface area contributed by atoms with Gasteiger partial charge in [-0.25, -0.2) is 0 Å². The molecule has 0 saturated carbocycles. The van der Waals surface area contributed by atoms with Gasteiger partial charge >= 0.3 is 0 Å². The van der Waals surface area contributed by atoms with Gasteiger partial charge in [-0.2, -0.15) is 0 Å². The molecule has 0 aliphatic heterocycles. The summed E-state index contributed by atoms with van der Waals surface area (Å²) in [4.78, 5) is 22.8. The Morgan fingerprint density at radius 3 is 2.42 bits per heavy atom. The predicted molar refractivity (Wildman–Crippen MR) is 76.1 cm³/mol. The lowest BCUT2D eigenvalue weighted by molar-refractivity contribution is -0.126. The Bertz CT molecular complexity index is 418. The van der Waals surface area contributed by atoms with Crippen molar-refractivity contribution in [1.29, 1.82) is 0 Å². The number of carbonyl (C=O) groups is 2. The highest BCUT2D eigenvalue weighted by atomic mass is 35.5. The van der Waals surface area contributed by atoms with Crippen LogP contribution in [0.3, 0.4) is 0 Å². The summed E-state index contributed by atoms with van der Waals surface area (Å²) < 4.78 is 0. The molecule has 0 aliphatic rings. The highest BCUT2D eigenvalue weighted by Gasteiger charge is 2.05. The summed E-state index contributed by atoms with van der Waals surface area (Å²) in [5, 5.41) is 5.98. The SMILES string of the molecule is CCCNC(=O)CNC(=O)CCc1ccc(Cl)cc1. The van der Waals surface area contributed by atoms with Crippen molar-refractivity contribution in [3.05, 3.63) is 34.9 Å². The molecular formula is C14H19ClN2O2. The van der Waals surface area contributed by atoms with Crippen LogP contribution in [0.2, 0.25) is 5.02 Å². The molecule has 0 radical (unpaired) electrons. The number of aryl methyl sites for hydroxylation is 1. The lowest BCUT2D eigenvalue weighted by Crippen LogP contribution is -2.37. The van der Waals surface area contributed by atoms with Crippen LogP contribution < -0.4 is 10.6 Å². The van der Waals surface area contributed by atoms with Gasteiger partial charge in [0, 0.05) is 18.0 Å². The van der Waals surface area contributed by atoms with Crippen molar-refractivity contribution in [2.24, 2.45) is 0 Å². The first-order valence-corrected chi connectivity index (χ1v) is 6.77. The van der Waals surface area contributed by atoms with Gasteiger partial charge < -0.3 is 10.6 Å². The van der Waals surface area contributed by atoms with E-state index in [1.165, 1.54) is 0 Å². The molecular weight excluding hydrogens is 264 g/mol. The first kappa shape index (κ1) is 15.5. The van der Waals surface area contributed by atoms with E-state index in [-0.39, 0.29) is 18.4 Å². The van der Waals surface area contributed by atoms with Crippen LogP contribution in [0.4, 0.5) is 0 Å². The van der Waals surface area contributed by atoms with Crippen LogP contribution >= 0.6 is 11.6 Å². The van der Waals surface area contributed by atoms with Gasteiger partial charge in [-0.1, -0.05) is 30.7 Å². The number of amides is 2. The highest BCUT2D eigenvalue weighted by Crippen LogP contribution is 2.10. The maximum atomic E-state index is 11.5. The molecule has 0 spiro atoms. The third kappa shape index (κ3) is 6.82. The molecule has 0 heterocycles. The fourth-order valence-electron chi connectivity index (χ4n) is 1.50. The molecule has 0 fully saturated rings. The van der Waals surface area contributed by atoms with Gasteiger partial charge in [0.05, 0.1) is 6.54 Å². The van der Waals surface area contributed by atoms with E-state index in [0.717, 1.165) is 12.0 Å². The average Bonchev–Trinajstić information content (AvgIpc) is 2.42. The molecule has 19 heavy (non-hydrogen) atoms. The maximum Gasteiger partial charge on any atom is 0.239 e. The fraction of sp³-hybridized carbons (Fsp3) is 0.429. The molecule has 104 valence electrons. The minimum absolute atomic E-state index is 0.0411. The summed E-state index contributed by atoms with van der Waals surface area (Å²) in [6.07, 6.45) is 1.89. The zero-order chi connectivity index (χ0) is 14.1. The van der Waals surface area contributed by atoms with Crippen molar-refractivity contribution >= 4 is 23.4 Å². The lowest BCUT2D eigenvalue weighted by atomic mass is 10.1. The zero-order valence-corrected chi connectivity index (χ0v) is 11.8. The summed E-state index contributed by atoms with van der Waals surface area (Å²) in [6.45, 7) is 2.66. The van der Waals surface area contributed by atoms with Crippen LogP contribution in [0, 0.1) is 0 Å². The maximum absolute atomic E-state index is 11.5. The first-order valence-electron chi connectivity index (χ1n) is 6.39. The molecule has 0 saturated heterocycles. The molecule has 1 aromatic rings. The van der Waals surface area contributed by atoms with Gasteiger partial charge in [-0.3, -0.25) is 9.59 Å². The largest absolute Gasteiger partial charge is 0.355 e. The Balaban J connectivity index is 2.21. The van der Waals surface area contributed by atoms with E-state index in [9.17, 15) is 9.59 Å². The molecule has 0 aromatic heterocycles. The Hall–Kier alpha value is -1.55. The molecule has 0 bridgehead atoms. The molecule has 2 amide bonds. The second-order valence-corrected chi connectivity index (χ2v) is 4.69. The van der Waals surface area contributed by atoms with Crippen LogP contribution in [0.25, 0.3) is 0 Å². The van der Waals surface area contributed by atoms with Crippen LogP contribution in [-0.4, -0.2) is 24.9 Å². The van der Waals surface area contributed by atoms with Gasteiger partial charge in [0.2, 0.25) is 11.8 Å². The van der Waals surface area contributed by atoms with Gasteiger partial charge in [0.25, 0.3) is 0 Å². The number of benzene rings is 1. The molecule has 0 atom stereocenters. The van der Waals surface area contributed by atoms with Gasteiger partial charge in [-0.05, 0) is 30.5 Å². The topological polar surface area (TPSA) is 58.2 Å². The number of carbonyl (C=O) groups excluding carboxylic acids is 2. The van der Waals surface area contributed by atoms with E-state index in [0.29, 0.717) is 24.4 Å². The van der Waals surface area contributed by atoms with E-state index in [1.54, 1.807) is 12.1 Å². The van der Waals surface area contributed by atoms with Gasteiger partial charge in [0.1, 0.15) is 0 Å². The number of rotatable bonds is 7. The lowest BCUT2D eigenvalue weighted by Gasteiger charge is -2.06. The summed E-state index contributed by atoms with van der Waals surface area (Å²) in [5.41, 5.74) is 1.05. The summed E-state index contributed by atoms with van der Waals surface area (Å²) in [6, 6.07) is 7.38. The zero-order valence-electron chi connectivity index (χ0n) is 11.0. The minimum Gasteiger partial charge on any atom is -0.355 e. The van der Waals surface area contributed by atoms with Crippen molar-refractivity contribution in [3.63, 3.8) is 0 Å². The second-order valence-electron chi connectivity index (χ2n) is 4.25. The quantitative estimate of drug-likeness (QED) is 0.803. The summed E-state index contributed by atoms with van der Waals surface area (Å²) >= 11 is 5.78. The van der Waals surface area contributed by atoms with Crippen LogP contribution in [-0.2, 0) is 16.0 Å². The van der Waals surface area contributed by atoms with Crippen molar-refractivity contribution in [3.8, 4) is 0 Å².